The third kappa shape index (κ3) is 3.77. The maximum absolute atomic E-state index is 13.2. The smallest absolute Gasteiger partial charge is 0.357 e. The van der Waals surface area contributed by atoms with Crippen LogP contribution in [0.3, 0.4) is 0 Å². The topological polar surface area (TPSA) is 83.0 Å². The quantitative estimate of drug-likeness (QED) is 0.480. The van der Waals surface area contributed by atoms with Gasteiger partial charge in [-0.05, 0) is 30.5 Å². The number of carbonyl (C=O) groups excluding carboxylic acids is 1. The number of carbonyl (C=O) groups is 1. The Kier molecular flexibility index (Phi) is 5.36. The van der Waals surface area contributed by atoms with E-state index in [1.807, 2.05) is 20.1 Å². The summed E-state index contributed by atoms with van der Waals surface area (Å²) >= 11 is 1.36. The maximum Gasteiger partial charge on any atom is 0.357 e. The van der Waals surface area contributed by atoms with Crippen LogP contribution in [0.1, 0.15) is 42.0 Å². The predicted molar refractivity (Wildman–Crippen MR) is 92.8 cm³/mol. The summed E-state index contributed by atoms with van der Waals surface area (Å²) in [5.41, 5.74) is 0.838. The number of esters is 1. The fourth-order valence-electron chi connectivity index (χ4n) is 2.22. The van der Waals surface area contributed by atoms with Crippen molar-refractivity contribution in [2.45, 2.75) is 31.5 Å². The number of hydrogen-bond acceptors (Lipinski definition) is 7. The minimum Gasteiger partial charge on any atom is -0.451 e. The van der Waals surface area contributed by atoms with Crippen LogP contribution in [-0.2, 0) is 11.3 Å². The van der Waals surface area contributed by atoms with Crippen molar-refractivity contribution in [3.63, 3.8) is 0 Å². The Hall–Kier alpha value is -2.68. The molecule has 0 saturated heterocycles. The van der Waals surface area contributed by atoms with E-state index in [1.54, 1.807) is 16.7 Å². The van der Waals surface area contributed by atoms with Crippen molar-refractivity contribution < 1.29 is 18.4 Å². The SMILES string of the molecule is CSc1ncc(C(=O)OCc2nc(C(C)C)no2)n1-c1ccc(F)cc1. The van der Waals surface area contributed by atoms with Gasteiger partial charge in [0.05, 0.1) is 6.20 Å². The Balaban J connectivity index is 1.80. The molecule has 0 amide bonds. The summed E-state index contributed by atoms with van der Waals surface area (Å²) in [5, 5.41) is 4.41. The van der Waals surface area contributed by atoms with Gasteiger partial charge in [-0.3, -0.25) is 4.57 Å². The van der Waals surface area contributed by atoms with Crippen LogP contribution >= 0.6 is 11.8 Å². The molecule has 0 N–H and O–H groups in total. The van der Waals surface area contributed by atoms with Gasteiger partial charge in [-0.1, -0.05) is 30.8 Å². The lowest BCUT2D eigenvalue weighted by Crippen LogP contribution is -2.12. The molecule has 7 nitrogen and oxygen atoms in total. The van der Waals surface area contributed by atoms with E-state index in [1.165, 1.54) is 30.1 Å². The molecule has 0 atom stereocenters. The minimum atomic E-state index is -0.591. The van der Waals surface area contributed by atoms with E-state index in [2.05, 4.69) is 15.1 Å². The molecule has 26 heavy (non-hydrogen) atoms. The van der Waals surface area contributed by atoms with Gasteiger partial charge < -0.3 is 9.26 Å². The Morgan fingerprint density at radius 3 is 2.69 bits per heavy atom. The van der Waals surface area contributed by atoms with Gasteiger partial charge in [-0.15, -0.1) is 0 Å². The van der Waals surface area contributed by atoms with Gasteiger partial charge in [0.1, 0.15) is 5.82 Å². The molecule has 0 radical (unpaired) electrons. The van der Waals surface area contributed by atoms with Crippen LogP contribution in [-0.4, -0.2) is 31.9 Å². The Labute approximate surface area is 153 Å². The highest BCUT2D eigenvalue weighted by Gasteiger charge is 2.20. The number of rotatable bonds is 6. The van der Waals surface area contributed by atoms with Crippen molar-refractivity contribution in [2.75, 3.05) is 6.26 Å². The zero-order chi connectivity index (χ0) is 18.7. The monoisotopic (exact) mass is 376 g/mol. The lowest BCUT2D eigenvalue weighted by atomic mass is 10.2. The highest BCUT2D eigenvalue weighted by atomic mass is 32.2. The van der Waals surface area contributed by atoms with Crippen LogP contribution < -0.4 is 0 Å². The largest absolute Gasteiger partial charge is 0.451 e. The first-order chi connectivity index (χ1) is 12.5. The van der Waals surface area contributed by atoms with E-state index in [9.17, 15) is 9.18 Å². The van der Waals surface area contributed by atoms with Crippen LogP contribution in [0.4, 0.5) is 4.39 Å². The molecule has 2 aromatic heterocycles. The Morgan fingerprint density at radius 1 is 1.35 bits per heavy atom. The van der Waals surface area contributed by atoms with Crippen LogP contribution in [0, 0.1) is 5.82 Å². The number of imidazole rings is 1. The molecule has 0 aliphatic heterocycles. The highest BCUT2D eigenvalue weighted by Crippen LogP contribution is 2.23. The molecular formula is C17H17FN4O3S. The molecule has 3 rings (SSSR count). The normalized spacial score (nSPS) is 11.1. The van der Waals surface area contributed by atoms with E-state index >= 15 is 0 Å². The fourth-order valence-corrected chi connectivity index (χ4v) is 2.77. The van der Waals surface area contributed by atoms with Gasteiger partial charge in [-0.2, -0.15) is 4.98 Å². The van der Waals surface area contributed by atoms with E-state index in [4.69, 9.17) is 9.26 Å². The summed E-state index contributed by atoms with van der Waals surface area (Å²) in [6.07, 6.45) is 3.26. The lowest BCUT2D eigenvalue weighted by Gasteiger charge is -2.10. The number of benzene rings is 1. The lowest BCUT2D eigenvalue weighted by molar-refractivity contribution is 0.0419. The van der Waals surface area contributed by atoms with Gasteiger partial charge in [0.2, 0.25) is 0 Å². The first-order valence-corrected chi connectivity index (χ1v) is 9.09. The molecule has 3 aromatic rings. The summed E-state index contributed by atoms with van der Waals surface area (Å²) in [5.74, 6) is -0.0585. The second kappa shape index (κ2) is 7.69. The summed E-state index contributed by atoms with van der Waals surface area (Å²) in [4.78, 5) is 20.9. The molecule has 136 valence electrons. The Bertz CT molecular complexity index is 905. The average molecular weight is 376 g/mol. The van der Waals surface area contributed by atoms with E-state index in [0.717, 1.165) is 0 Å². The number of thioether (sulfide) groups is 1. The van der Waals surface area contributed by atoms with Gasteiger partial charge in [-0.25, -0.2) is 14.2 Å². The minimum absolute atomic E-state index is 0.118. The number of aromatic nitrogens is 4. The molecule has 0 unspecified atom stereocenters. The molecule has 1 aromatic carbocycles. The van der Waals surface area contributed by atoms with Crippen LogP contribution in [0.25, 0.3) is 5.69 Å². The van der Waals surface area contributed by atoms with Crippen LogP contribution in [0.2, 0.25) is 0 Å². The summed E-state index contributed by atoms with van der Waals surface area (Å²) in [7, 11) is 0. The van der Waals surface area contributed by atoms with Crippen LogP contribution in [0.15, 0.2) is 40.1 Å². The van der Waals surface area contributed by atoms with E-state index in [0.29, 0.717) is 16.7 Å². The second-order valence-corrected chi connectivity index (χ2v) is 6.49. The molecule has 0 aliphatic carbocycles. The fraction of sp³-hybridized carbons (Fsp3) is 0.294. The van der Waals surface area contributed by atoms with Gasteiger partial charge in [0.25, 0.3) is 5.89 Å². The standard InChI is InChI=1S/C17H17FN4O3S/c1-10(2)15-20-14(25-21-15)9-24-16(23)13-8-19-17(26-3)22(13)12-6-4-11(18)5-7-12/h4-8,10H,9H2,1-3H3. The van der Waals surface area contributed by atoms with Gasteiger partial charge in [0, 0.05) is 11.6 Å². The molecule has 0 fully saturated rings. The molecule has 2 heterocycles. The second-order valence-electron chi connectivity index (χ2n) is 5.72. The number of hydrogen-bond donors (Lipinski definition) is 0. The van der Waals surface area contributed by atoms with Crippen molar-refractivity contribution >= 4 is 17.7 Å². The first kappa shape index (κ1) is 18.1. The third-order valence-corrected chi connectivity index (χ3v) is 4.19. The third-order valence-electron chi connectivity index (χ3n) is 3.53. The number of halogens is 1. The van der Waals surface area contributed by atoms with Crippen molar-refractivity contribution in [2.24, 2.45) is 0 Å². The van der Waals surface area contributed by atoms with E-state index < -0.39 is 5.97 Å². The summed E-state index contributed by atoms with van der Waals surface area (Å²) in [6.45, 7) is 3.74. The zero-order valence-electron chi connectivity index (χ0n) is 14.5. The zero-order valence-corrected chi connectivity index (χ0v) is 15.3. The van der Waals surface area contributed by atoms with Crippen molar-refractivity contribution in [1.82, 2.24) is 19.7 Å². The molecular weight excluding hydrogens is 359 g/mol. The van der Waals surface area contributed by atoms with Gasteiger partial charge >= 0.3 is 5.97 Å². The maximum atomic E-state index is 13.2. The molecule has 0 bridgehead atoms. The number of nitrogens with zero attached hydrogens (tertiary/aromatic N) is 4. The summed E-state index contributed by atoms with van der Waals surface area (Å²) in [6, 6.07) is 5.78. The van der Waals surface area contributed by atoms with Crippen molar-refractivity contribution in [3.8, 4) is 5.69 Å². The molecule has 0 aliphatic rings. The van der Waals surface area contributed by atoms with Crippen LogP contribution in [0.5, 0.6) is 0 Å². The highest BCUT2D eigenvalue weighted by molar-refractivity contribution is 7.98. The predicted octanol–water partition coefficient (Wildman–Crippen LogP) is 3.60. The molecule has 0 spiro atoms. The molecule has 0 saturated carbocycles. The van der Waals surface area contributed by atoms with Crippen molar-refractivity contribution in [1.29, 1.82) is 0 Å². The summed E-state index contributed by atoms with van der Waals surface area (Å²) < 4.78 is 25.1. The van der Waals surface area contributed by atoms with Gasteiger partial charge in [0.15, 0.2) is 23.3 Å². The average Bonchev–Trinajstić information content (AvgIpc) is 3.27. The number of ether oxygens (including phenoxy) is 1. The Morgan fingerprint density at radius 2 is 2.08 bits per heavy atom. The molecule has 9 heteroatoms. The van der Waals surface area contributed by atoms with E-state index in [-0.39, 0.29) is 29.9 Å². The first-order valence-electron chi connectivity index (χ1n) is 7.87. The van der Waals surface area contributed by atoms with Crippen molar-refractivity contribution in [3.05, 3.63) is 53.7 Å².